The summed E-state index contributed by atoms with van der Waals surface area (Å²) < 4.78 is 10.9. The molecule has 0 saturated heterocycles. The predicted octanol–water partition coefficient (Wildman–Crippen LogP) is 2.88. The van der Waals surface area contributed by atoms with Gasteiger partial charge in [0.25, 0.3) is 11.6 Å². The molecule has 1 heterocycles. The molecule has 2 aromatic carbocycles. The molecule has 0 atom stereocenters. The second-order valence-electron chi connectivity index (χ2n) is 6.01. The Labute approximate surface area is 171 Å². The molecular formula is C20H18N4O6. The number of anilines is 1. The van der Waals surface area contributed by atoms with E-state index in [-0.39, 0.29) is 29.3 Å². The molecular weight excluding hydrogens is 392 g/mol. The molecule has 0 bridgehead atoms. The summed E-state index contributed by atoms with van der Waals surface area (Å²) in [5.41, 5.74) is 4.42. The fourth-order valence-electron chi connectivity index (χ4n) is 2.53. The highest BCUT2D eigenvalue weighted by atomic mass is 16.6. The summed E-state index contributed by atoms with van der Waals surface area (Å²) in [6.45, 7) is 0.130. The highest BCUT2D eigenvalue weighted by molar-refractivity contribution is 5.98. The maximum Gasteiger partial charge on any atom is 0.305 e. The summed E-state index contributed by atoms with van der Waals surface area (Å²) in [5, 5.41) is 13.8. The first kappa shape index (κ1) is 20.4. The minimum Gasteiger partial charge on any atom is -0.486 e. The van der Waals surface area contributed by atoms with Crippen molar-refractivity contribution in [2.45, 2.75) is 6.61 Å². The third-order valence-electron chi connectivity index (χ3n) is 4.03. The summed E-state index contributed by atoms with van der Waals surface area (Å²) in [7, 11) is 1.53. The number of rotatable bonds is 7. The predicted molar refractivity (Wildman–Crippen MR) is 107 cm³/mol. The molecule has 30 heavy (non-hydrogen) atoms. The molecule has 0 aliphatic heterocycles. The molecule has 10 heteroatoms. The monoisotopic (exact) mass is 410 g/mol. The number of hydrogen-bond donors (Lipinski definition) is 3. The number of benzene rings is 2. The van der Waals surface area contributed by atoms with E-state index >= 15 is 0 Å². The Morgan fingerprint density at radius 3 is 2.47 bits per heavy atom. The Hall–Kier alpha value is -4.34. The van der Waals surface area contributed by atoms with Crippen molar-refractivity contribution in [2.24, 2.45) is 0 Å². The van der Waals surface area contributed by atoms with E-state index in [0.29, 0.717) is 11.5 Å². The lowest BCUT2D eigenvalue weighted by Crippen LogP contribution is -2.41. The number of amides is 2. The van der Waals surface area contributed by atoms with E-state index < -0.39 is 16.7 Å². The van der Waals surface area contributed by atoms with E-state index in [1.807, 2.05) is 18.2 Å². The van der Waals surface area contributed by atoms with Gasteiger partial charge in [-0.05, 0) is 36.4 Å². The summed E-state index contributed by atoms with van der Waals surface area (Å²) in [6, 6.07) is 16.0. The summed E-state index contributed by atoms with van der Waals surface area (Å²) >= 11 is 0. The maximum absolute atomic E-state index is 12.2. The standard InChI is InChI=1S/C20H18N4O6/c1-21-16-9-7-13(11-17(16)24(27)28)19(25)22-23-20(26)18-10-8-15(30-18)12-29-14-5-3-2-4-6-14/h2-11,21H,12H2,1H3,(H,22,25)(H,23,26). The number of furan rings is 1. The van der Waals surface area contributed by atoms with Crippen LogP contribution < -0.4 is 20.9 Å². The number of carbonyl (C=O) groups excluding carboxylic acids is 2. The third kappa shape index (κ3) is 4.93. The van der Waals surface area contributed by atoms with Gasteiger partial charge in [-0.3, -0.25) is 30.6 Å². The molecule has 10 nitrogen and oxygen atoms in total. The Bertz CT molecular complexity index is 1060. The molecule has 0 saturated carbocycles. The highest BCUT2D eigenvalue weighted by Crippen LogP contribution is 2.24. The molecule has 0 radical (unpaired) electrons. The number of nitro groups is 1. The number of hydrazine groups is 1. The van der Waals surface area contributed by atoms with Gasteiger partial charge in [-0.2, -0.15) is 0 Å². The zero-order chi connectivity index (χ0) is 21.5. The van der Waals surface area contributed by atoms with E-state index in [0.717, 1.165) is 6.07 Å². The van der Waals surface area contributed by atoms with E-state index in [9.17, 15) is 19.7 Å². The number of carbonyl (C=O) groups is 2. The van der Waals surface area contributed by atoms with Crippen molar-refractivity contribution < 1.29 is 23.7 Å². The first-order chi connectivity index (χ1) is 14.5. The van der Waals surface area contributed by atoms with Crippen LogP contribution in [0.4, 0.5) is 11.4 Å². The van der Waals surface area contributed by atoms with Crippen molar-refractivity contribution in [2.75, 3.05) is 12.4 Å². The molecule has 1 aromatic heterocycles. The van der Waals surface area contributed by atoms with Crippen molar-refractivity contribution >= 4 is 23.2 Å². The summed E-state index contributed by atoms with van der Waals surface area (Å²) in [4.78, 5) is 34.9. The third-order valence-corrected chi connectivity index (χ3v) is 4.03. The zero-order valence-electron chi connectivity index (χ0n) is 15.9. The molecule has 2 amide bonds. The van der Waals surface area contributed by atoms with Gasteiger partial charge >= 0.3 is 5.91 Å². The lowest BCUT2D eigenvalue weighted by Gasteiger charge is -2.08. The molecule has 3 N–H and O–H groups in total. The van der Waals surface area contributed by atoms with Gasteiger partial charge in [-0.1, -0.05) is 18.2 Å². The number of ether oxygens (including phenoxy) is 1. The minimum atomic E-state index is -0.715. The van der Waals surface area contributed by atoms with Crippen LogP contribution in [0.5, 0.6) is 5.75 Å². The first-order valence-corrected chi connectivity index (χ1v) is 8.81. The van der Waals surface area contributed by atoms with Gasteiger partial charge in [0.05, 0.1) is 4.92 Å². The Morgan fingerprint density at radius 1 is 1.03 bits per heavy atom. The lowest BCUT2D eigenvalue weighted by molar-refractivity contribution is -0.384. The van der Waals surface area contributed by atoms with Gasteiger partial charge in [-0.15, -0.1) is 0 Å². The van der Waals surface area contributed by atoms with Crippen LogP contribution >= 0.6 is 0 Å². The number of nitro benzene ring substituents is 1. The summed E-state index contributed by atoms with van der Waals surface area (Å²) in [5.74, 6) is -0.346. The Morgan fingerprint density at radius 2 is 1.77 bits per heavy atom. The topological polar surface area (TPSA) is 136 Å². The van der Waals surface area contributed by atoms with E-state index in [2.05, 4.69) is 16.2 Å². The summed E-state index contributed by atoms with van der Waals surface area (Å²) in [6.07, 6.45) is 0. The van der Waals surface area contributed by atoms with Gasteiger partial charge < -0.3 is 14.5 Å². The maximum atomic E-state index is 12.2. The number of nitrogens with one attached hydrogen (secondary N) is 3. The van der Waals surface area contributed by atoms with Crippen LogP contribution in [0.25, 0.3) is 0 Å². The van der Waals surface area contributed by atoms with Crippen LogP contribution in [-0.2, 0) is 6.61 Å². The molecule has 0 unspecified atom stereocenters. The minimum absolute atomic E-state index is 0.0115. The number of hydrogen-bond acceptors (Lipinski definition) is 7. The van der Waals surface area contributed by atoms with Gasteiger partial charge in [0.15, 0.2) is 5.76 Å². The second-order valence-corrected chi connectivity index (χ2v) is 6.01. The van der Waals surface area contributed by atoms with Crippen molar-refractivity contribution in [1.82, 2.24) is 10.9 Å². The number of para-hydroxylation sites is 1. The fourth-order valence-corrected chi connectivity index (χ4v) is 2.53. The van der Waals surface area contributed by atoms with Gasteiger partial charge in [0, 0.05) is 18.7 Å². The average molecular weight is 410 g/mol. The quantitative estimate of drug-likeness (QED) is 0.402. The molecule has 3 rings (SSSR count). The van der Waals surface area contributed by atoms with Crippen LogP contribution in [0.2, 0.25) is 0 Å². The van der Waals surface area contributed by atoms with Crippen LogP contribution in [0.1, 0.15) is 26.7 Å². The molecule has 154 valence electrons. The smallest absolute Gasteiger partial charge is 0.305 e. The lowest BCUT2D eigenvalue weighted by atomic mass is 10.1. The van der Waals surface area contributed by atoms with E-state index in [1.165, 1.54) is 25.2 Å². The molecule has 0 fully saturated rings. The zero-order valence-corrected chi connectivity index (χ0v) is 15.9. The van der Waals surface area contributed by atoms with Crippen molar-refractivity contribution in [3.05, 3.63) is 87.9 Å². The van der Waals surface area contributed by atoms with Crippen molar-refractivity contribution in [1.29, 1.82) is 0 Å². The normalized spacial score (nSPS) is 10.2. The molecule has 3 aromatic rings. The van der Waals surface area contributed by atoms with Crippen LogP contribution in [0, 0.1) is 10.1 Å². The Balaban J connectivity index is 1.56. The van der Waals surface area contributed by atoms with Gasteiger partial charge in [0.1, 0.15) is 23.8 Å². The van der Waals surface area contributed by atoms with Gasteiger partial charge in [-0.25, -0.2) is 0 Å². The van der Waals surface area contributed by atoms with Crippen LogP contribution in [0.15, 0.2) is 65.1 Å². The second kappa shape index (κ2) is 9.24. The van der Waals surface area contributed by atoms with Crippen LogP contribution in [0.3, 0.4) is 0 Å². The van der Waals surface area contributed by atoms with Gasteiger partial charge in [0.2, 0.25) is 0 Å². The van der Waals surface area contributed by atoms with Crippen molar-refractivity contribution in [3.63, 3.8) is 0 Å². The SMILES string of the molecule is CNc1ccc(C(=O)NNC(=O)c2ccc(COc3ccccc3)o2)cc1[N+](=O)[O-]. The van der Waals surface area contributed by atoms with Crippen molar-refractivity contribution in [3.8, 4) is 5.75 Å². The fraction of sp³-hybridized carbons (Fsp3) is 0.100. The first-order valence-electron chi connectivity index (χ1n) is 8.81. The van der Waals surface area contributed by atoms with Crippen LogP contribution in [-0.4, -0.2) is 23.8 Å². The molecule has 0 aliphatic rings. The molecule has 0 aliphatic carbocycles. The molecule has 0 spiro atoms. The Kier molecular flexibility index (Phi) is 6.28. The van der Waals surface area contributed by atoms with E-state index in [1.54, 1.807) is 18.2 Å². The van der Waals surface area contributed by atoms with E-state index in [4.69, 9.17) is 9.15 Å². The largest absolute Gasteiger partial charge is 0.486 e. The number of nitrogens with zero attached hydrogens (tertiary/aromatic N) is 1. The highest BCUT2D eigenvalue weighted by Gasteiger charge is 2.18. The average Bonchev–Trinajstić information content (AvgIpc) is 3.25.